The summed E-state index contributed by atoms with van der Waals surface area (Å²) in [4.78, 5) is 19.6. The Hall–Kier alpha value is -2.55. The SMILES string of the molecule is CCN(CC)C(CNC(=O)CN1CCN(Cc2ccc(OC)c(OC)c2)CC1)c1ccco1. The summed E-state index contributed by atoms with van der Waals surface area (Å²) < 4.78 is 16.4. The van der Waals surface area contributed by atoms with E-state index >= 15 is 0 Å². The lowest BCUT2D eigenvalue weighted by Crippen LogP contribution is -2.49. The second kappa shape index (κ2) is 12.6. The maximum atomic E-state index is 12.6. The van der Waals surface area contributed by atoms with E-state index in [2.05, 4.69) is 39.9 Å². The van der Waals surface area contributed by atoms with Gasteiger partial charge in [0, 0.05) is 39.3 Å². The predicted molar refractivity (Wildman–Crippen MR) is 129 cm³/mol. The fourth-order valence-electron chi connectivity index (χ4n) is 4.37. The van der Waals surface area contributed by atoms with E-state index in [1.165, 1.54) is 5.56 Å². The summed E-state index contributed by atoms with van der Waals surface area (Å²) in [5.41, 5.74) is 1.19. The van der Waals surface area contributed by atoms with Crippen LogP contribution in [0.3, 0.4) is 0 Å². The summed E-state index contributed by atoms with van der Waals surface area (Å²) in [5, 5.41) is 3.12. The van der Waals surface area contributed by atoms with Crippen LogP contribution in [0.15, 0.2) is 41.0 Å². The van der Waals surface area contributed by atoms with Crippen LogP contribution >= 0.6 is 0 Å². The van der Waals surface area contributed by atoms with Gasteiger partial charge in [-0.2, -0.15) is 0 Å². The zero-order chi connectivity index (χ0) is 23.6. The average molecular weight is 459 g/mol. The number of benzene rings is 1. The lowest BCUT2D eigenvalue weighted by molar-refractivity contribution is -0.123. The van der Waals surface area contributed by atoms with E-state index in [1.807, 2.05) is 24.3 Å². The number of likely N-dealkylation sites (N-methyl/N-ethyl adjacent to an activating group) is 1. The molecule has 0 aliphatic carbocycles. The van der Waals surface area contributed by atoms with E-state index in [1.54, 1.807) is 20.5 Å². The monoisotopic (exact) mass is 458 g/mol. The van der Waals surface area contributed by atoms with Crippen molar-refractivity contribution in [3.63, 3.8) is 0 Å². The first-order valence-corrected chi connectivity index (χ1v) is 11.8. The summed E-state index contributed by atoms with van der Waals surface area (Å²) >= 11 is 0. The molecule has 1 saturated heterocycles. The molecule has 8 nitrogen and oxygen atoms in total. The van der Waals surface area contributed by atoms with E-state index in [0.29, 0.717) is 13.1 Å². The Morgan fingerprint density at radius 3 is 2.36 bits per heavy atom. The Morgan fingerprint density at radius 2 is 1.76 bits per heavy atom. The molecular weight excluding hydrogens is 420 g/mol. The molecule has 2 aromatic rings. The van der Waals surface area contributed by atoms with Crippen LogP contribution in [-0.2, 0) is 11.3 Å². The summed E-state index contributed by atoms with van der Waals surface area (Å²) in [6.45, 7) is 11.5. The smallest absolute Gasteiger partial charge is 0.234 e. The van der Waals surface area contributed by atoms with Crippen LogP contribution in [0.5, 0.6) is 11.5 Å². The molecule has 182 valence electrons. The van der Waals surface area contributed by atoms with Crippen LogP contribution < -0.4 is 14.8 Å². The molecule has 8 heteroatoms. The van der Waals surface area contributed by atoms with Crippen molar-refractivity contribution in [3.8, 4) is 11.5 Å². The third-order valence-corrected chi connectivity index (χ3v) is 6.30. The van der Waals surface area contributed by atoms with Gasteiger partial charge in [0.15, 0.2) is 11.5 Å². The highest BCUT2D eigenvalue weighted by molar-refractivity contribution is 5.78. The average Bonchev–Trinajstić information content (AvgIpc) is 3.37. The molecule has 3 rings (SSSR count). The third kappa shape index (κ3) is 6.96. The molecule has 1 aromatic carbocycles. The van der Waals surface area contributed by atoms with E-state index in [0.717, 1.165) is 63.1 Å². The van der Waals surface area contributed by atoms with Gasteiger partial charge in [-0.25, -0.2) is 0 Å². The Morgan fingerprint density at radius 1 is 1.06 bits per heavy atom. The van der Waals surface area contributed by atoms with Crippen molar-refractivity contribution in [2.75, 3.05) is 66.6 Å². The fraction of sp³-hybridized carbons (Fsp3) is 0.560. The standard InChI is InChI=1S/C25H38N4O4/c1-5-29(6-2)21(22-8-7-15-33-22)17-26-25(30)19-28-13-11-27(12-14-28)18-20-9-10-23(31-3)24(16-20)32-4/h7-10,15-16,21H,5-6,11-14,17-19H2,1-4H3,(H,26,30). The number of ether oxygens (including phenoxy) is 2. The summed E-state index contributed by atoms with van der Waals surface area (Å²) in [6.07, 6.45) is 1.69. The minimum absolute atomic E-state index is 0.0530. The minimum atomic E-state index is 0.0530. The van der Waals surface area contributed by atoms with E-state index in [4.69, 9.17) is 13.9 Å². The van der Waals surface area contributed by atoms with Crippen LogP contribution in [0, 0.1) is 0 Å². The summed E-state index contributed by atoms with van der Waals surface area (Å²) in [5.74, 6) is 2.45. The minimum Gasteiger partial charge on any atom is -0.493 e. The first-order chi connectivity index (χ1) is 16.1. The van der Waals surface area contributed by atoms with Gasteiger partial charge in [0.05, 0.1) is 33.1 Å². The molecular formula is C25H38N4O4. The Balaban J connectivity index is 1.44. The number of piperazine rings is 1. The quantitative estimate of drug-likeness (QED) is 0.524. The molecule has 1 aromatic heterocycles. The number of carbonyl (C=O) groups excluding carboxylic acids is 1. The van der Waals surface area contributed by atoms with Gasteiger partial charge in [0.2, 0.25) is 5.91 Å². The van der Waals surface area contributed by atoms with E-state index in [-0.39, 0.29) is 11.9 Å². The van der Waals surface area contributed by atoms with Crippen molar-refractivity contribution in [2.24, 2.45) is 0 Å². The van der Waals surface area contributed by atoms with E-state index in [9.17, 15) is 4.79 Å². The van der Waals surface area contributed by atoms with Gasteiger partial charge in [-0.3, -0.25) is 19.5 Å². The van der Waals surface area contributed by atoms with Crippen molar-refractivity contribution in [3.05, 3.63) is 47.9 Å². The van der Waals surface area contributed by atoms with Gasteiger partial charge in [-0.1, -0.05) is 19.9 Å². The van der Waals surface area contributed by atoms with Crippen molar-refractivity contribution < 1.29 is 18.7 Å². The second-order valence-electron chi connectivity index (χ2n) is 8.30. The highest BCUT2D eigenvalue weighted by Gasteiger charge is 2.23. The number of rotatable bonds is 12. The normalized spacial score (nSPS) is 16.0. The molecule has 1 aliphatic rings. The molecule has 0 bridgehead atoms. The Labute approximate surface area is 197 Å². The van der Waals surface area contributed by atoms with Crippen molar-refractivity contribution >= 4 is 5.91 Å². The van der Waals surface area contributed by atoms with Gasteiger partial charge in [0.25, 0.3) is 0 Å². The predicted octanol–water partition coefficient (Wildman–Crippen LogP) is 2.61. The van der Waals surface area contributed by atoms with Gasteiger partial charge < -0.3 is 19.2 Å². The molecule has 1 unspecified atom stereocenters. The second-order valence-corrected chi connectivity index (χ2v) is 8.30. The zero-order valence-corrected chi connectivity index (χ0v) is 20.4. The molecule has 1 atom stereocenters. The molecule has 0 radical (unpaired) electrons. The highest BCUT2D eigenvalue weighted by atomic mass is 16.5. The number of nitrogens with zero attached hydrogens (tertiary/aromatic N) is 3. The van der Waals surface area contributed by atoms with Gasteiger partial charge in [-0.15, -0.1) is 0 Å². The number of carbonyl (C=O) groups is 1. The Kier molecular flexibility index (Phi) is 9.60. The number of hydrogen-bond donors (Lipinski definition) is 1. The maximum absolute atomic E-state index is 12.6. The topological polar surface area (TPSA) is 70.4 Å². The highest BCUT2D eigenvalue weighted by Crippen LogP contribution is 2.28. The number of methoxy groups -OCH3 is 2. The molecule has 0 spiro atoms. The lowest BCUT2D eigenvalue weighted by Gasteiger charge is -2.34. The number of hydrogen-bond acceptors (Lipinski definition) is 7. The molecule has 1 amide bonds. The molecule has 1 fully saturated rings. The van der Waals surface area contributed by atoms with Gasteiger partial charge in [-0.05, 0) is 42.9 Å². The van der Waals surface area contributed by atoms with Gasteiger partial charge in [0.1, 0.15) is 5.76 Å². The van der Waals surface area contributed by atoms with Crippen molar-refractivity contribution in [1.29, 1.82) is 0 Å². The van der Waals surface area contributed by atoms with Crippen LogP contribution in [0.4, 0.5) is 0 Å². The van der Waals surface area contributed by atoms with Crippen molar-refractivity contribution in [1.82, 2.24) is 20.0 Å². The van der Waals surface area contributed by atoms with Gasteiger partial charge >= 0.3 is 0 Å². The first kappa shape index (κ1) is 25.1. The largest absolute Gasteiger partial charge is 0.493 e. The van der Waals surface area contributed by atoms with Crippen LogP contribution in [-0.4, -0.2) is 87.2 Å². The fourth-order valence-corrected chi connectivity index (χ4v) is 4.37. The first-order valence-electron chi connectivity index (χ1n) is 11.8. The van der Waals surface area contributed by atoms with Crippen LogP contribution in [0.2, 0.25) is 0 Å². The molecule has 1 aliphatic heterocycles. The number of amides is 1. The molecule has 33 heavy (non-hydrogen) atoms. The number of furan rings is 1. The van der Waals surface area contributed by atoms with E-state index < -0.39 is 0 Å². The molecule has 2 heterocycles. The molecule has 0 saturated carbocycles. The third-order valence-electron chi connectivity index (χ3n) is 6.30. The molecule has 1 N–H and O–H groups in total. The lowest BCUT2D eigenvalue weighted by atomic mass is 10.1. The van der Waals surface area contributed by atoms with Crippen LogP contribution in [0.1, 0.15) is 31.2 Å². The Bertz CT molecular complexity index is 846. The van der Waals surface area contributed by atoms with Crippen molar-refractivity contribution in [2.45, 2.75) is 26.4 Å². The maximum Gasteiger partial charge on any atom is 0.234 e. The zero-order valence-electron chi connectivity index (χ0n) is 20.4. The van der Waals surface area contributed by atoms with Crippen LogP contribution in [0.25, 0.3) is 0 Å². The number of nitrogens with one attached hydrogen (secondary N) is 1. The summed E-state index contributed by atoms with van der Waals surface area (Å²) in [7, 11) is 3.30. The summed E-state index contributed by atoms with van der Waals surface area (Å²) in [6, 6.07) is 9.98.